The van der Waals surface area contributed by atoms with Crippen LogP contribution in [0.25, 0.3) is 0 Å². The zero-order valence-corrected chi connectivity index (χ0v) is 11.5. The normalized spacial score (nSPS) is 8.40. The first kappa shape index (κ1) is 17.4. The fourth-order valence-electron chi connectivity index (χ4n) is 0.732. The molecule has 1 aromatic rings. The molecule has 0 atom stereocenters. The Morgan fingerprint density at radius 3 is 2.47 bits per heavy atom. The SMILES string of the molecule is O.O=C(O)COc1ccc(Cl)cc1Cl.[Na]. The molecule has 4 nitrogen and oxygen atoms in total. The first-order valence-electron chi connectivity index (χ1n) is 3.39. The van der Waals surface area contributed by atoms with Gasteiger partial charge in [-0.3, -0.25) is 0 Å². The van der Waals surface area contributed by atoms with Crippen molar-refractivity contribution in [2.75, 3.05) is 6.61 Å². The summed E-state index contributed by atoms with van der Waals surface area (Å²) >= 11 is 11.3. The molecular weight excluding hydrogens is 254 g/mol. The molecule has 0 saturated carbocycles. The number of halogens is 2. The topological polar surface area (TPSA) is 78.0 Å². The molecular formula is C8H8Cl2NaO4. The molecule has 7 heteroatoms. The van der Waals surface area contributed by atoms with Gasteiger partial charge in [0, 0.05) is 34.6 Å². The molecule has 0 fully saturated rings. The molecule has 15 heavy (non-hydrogen) atoms. The van der Waals surface area contributed by atoms with Gasteiger partial charge >= 0.3 is 5.97 Å². The summed E-state index contributed by atoms with van der Waals surface area (Å²) in [5.41, 5.74) is 0. The molecule has 0 amide bonds. The molecule has 0 aliphatic heterocycles. The average Bonchev–Trinajstić information content (AvgIpc) is 2.02. The Kier molecular flexibility index (Phi) is 9.54. The molecule has 79 valence electrons. The van der Waals surface area contributed by atoms with Crippen molar-refractivity contribution in [2.24, 2.45) is 0 Å². The Bertz CT molecular complexity index is 332. The van der Waals surface area contributed by atoms with Gasteiger partial charge in [-0.15, -0.1) is 0 Å². The van der Waals surface area contributed by atoms with E-state index in [4.69, 9.17) is 33.0 Å². The minimum Gasteiger partial charge on any atom is -0.480 e. The number of benzene rings is 1. The van der Waals surface area contributed by atoms with Crippen molar-refractivity contribution in [1.29, 1.82) is 0 Å². The van der Waals surface area contributed by atoms with Crippen LogP contribution in [0, 0.1) is 0 Å². The summed E-state index contributed by atoms with van der Waals surface area (Å²) in [5, 5.41) is 9.11. The van der Waals surface area contributed by atoms with Crippen LogP contribution in [0.3, 0.4) is 0 Å². The number of carbonyl (C=O) groups is 1. The van der Waals surface area contributed by atoms with Crippen LogP contribution in [0.2, 0.25) is 10.0 Å². The summed E-state index contributed by atoms with van der Waals surface area (Å²) in [7, 11) is 0. The maximum atomic E-state index is 10.2. The van der Waals surface area contributed by atoms with Crippen molar-refractivity contribution in [3.05, 3.63) is 28.2 Å². The molecule has 0 unspecified atom stereocenters. The second-order valence-electron chi connectivity index (χ2n) is 2.26. The molecule has 0 aromatic heterocycles. The van der Waals surface area contributed by atoms with Crippen LogP contribution < -0.4 is 4.74 Å². The Hall–Kier alpha value is 0.0300. The van der Waals surface area contributed by atoms with E-state index in [0.717, 1.165) is 0 Å². The summed E-state index contributed by atoms with van der Waals surface area (Å²) in [4.78, 5) is 10.2. The average molecular weight is 262 g/mol. The minimum absolute atomic E-state index is 0. The van der Waals surface area contributed by atoms with E-state index in [1.165, 1.54) is 12.1 Å². The minimum atomic E-state index is -1.05. The number of carboxylic acid groups (broad SMARTS) is 1. The van der Waals surface area contributed by atoms with Crippen molar-refractivity contribution in [3.63, 3.8) is 0 Å². The van der Waals surface area contributed by atoms with E-state index in [1.54, 1.807) is 6.07 Å². The summed E-state index contributed by atoms with van der Waals surface area (Å²) in [6.07, 6.45) is 0. The maximum absolute atomic E-state index is 10.2. The van der Waals surface area contributed by atoms with Gasteiger partial charge in [0.2, 0.25) is 0 Å². The van der Waals surface area contributed by atoms with Crippen LogP contribution in [-0.2, 0) is 4.79 Å². The van der Waals surface area contributed by atoms with Gasteiger partial charge in [0.25, 0.3) is 0 Å². The summed E-state index contributed by atoms with van der Waals surface area (Å²) in [6.45, 7) is -0.415. The largest absolute Gasteiger partial charge is 0.480 e. The molecule has 0 spiro atoms. The van der Waals surface area contributed by atoms with Crippen LogP contribution >= 0.6 is 23.2 Å². The van der Waals surface area contributed by atoms with Crippen molar-refractivity contribution < 1.29 is 20.1 Å². The Balaban J connectivity index is 0. The predicted molar refractivity (Wildman–Crippen MR) is 59.0 cm³/mol. The van der Waals surface area contributed by atoms with E-state index < -0.39 is 12.6 Å². The monoisotopic (exact) mass is 261 g/mol. The third kappa shape index (κ3) is 6.25. The summed E-state index contributed by atoms with van der Waals surface area (Å²) < 4.78 is 4.86. The van der Waals surface area contributed by atoms with E-state index in [-0.39, 0.29) is 35.0 Å². The smallest absolute Gasteiger partial charge is 0.341 e. The molecule has 1 radical (unpaired) electrons. The van der Waals surface area contributed by atoms with E-state index in [0.29, 0.717) is 15.8 Å². The van der Waals surface area contributed by atoms with Gasteiger partial charge < -0.3 is 15.3 Å². The van der Waals surface area contributed by atoms with Crippen LogP contribution in [0.4, 0.5) is 0 Å². The zero-order valence-electron chi connectivity index (χ0n) is 7.96. The van der Waals surface area contributed by atoms with E-state index in [9.17, 15) is 4.79 Å². The van der Waals surface area contributed by atoms with Gasteiger partial charge in [0.1, 0.15) is 5.75 Å². The predicted octanol–water partition coefficient (Wildman–Crippen LogP) is 1.25. The van der Waals surface area contributed by atoms with E-state index in [2.05, 4.69) is 0 Å². The molecule has 0 aliphatic carbocycles. The Morgan fingerprint density at radius 2 is 2.00 bits per heavy atom. The van der Waals surface area contributed by atoms with Gasteiger partial charge in [-0.05, 0) is 18.2 Å². The second kappa shape index (κ2) is 8.21. The van der Waals surface area contributed by atoms with Crippen molar-refractivity contribution >= 4 is 58.7 Å². The molecule has 0 heterocycles. The molecule has 0 bridgehead atoms. The fourth-order valence-corrected chi connectivity index (χ4v) is 1.19. The number of carboxylic acids is 1. The number of hydrogen-bond donors (Lipinski definition) is 1. The number of hydrogen-bond acceptors (Lipinski definition) is 2. The number of rotatable bonds is 3. The molecule has 0 saturated heterocycles. The third-order valence-corrected chi connectivity index (χ3v) is 1.78. The van der Waals surface area contributed by atoms with Gasteiger partial charge in [0.05, 0.1) is 5.02 Å². The van der Waals surface area contributed by atoms with Crippen molar-refractivity contribution in [3.8, 4) is 5.75 Å². The molecule has 1 rings (SSSR count). The van der Waals surface area contributed by atoms with E-state index in [1.807, 2.05) is 0 Å². The second-order valence-corrected chi connectivity index (χ2v) is 3.10. The van der Waals surface area contributed by atoms with E-state index >= 15 is 0 Å². The number of aliphatic carboxylic acids is 1. The van der Waals surface area contributed by atoms with Crippen LogP contribution in [0.1, 0.15) is 0 Å². The first-order chi connectivity index (χ1) is 6.09. The zero-order chi connectivity index (χ0) is 9.84. The molecule has 3 N–H and O–H groups in total. The van der Waals surface area contributed by atoms with Crippen LogP contribution in [0.5, 0.6) is 5.75 Å². The molecule has 0 aliphatic rings. The van der Waals surface area contributed by atoms with Gasteiger partial charge in [-0.1, -0.05) is 23.2 Å². The fraction of sp³-hybridized carbons (Fsp3) is 0.125. The van der Waals surface area contributed by atoms with Gasteiger partial charge in [0.15, 0.2) is 6.61 Å². The summed E-state index contributed by atoms with van der Waals surface area (Å²) in [5.74, 6) is -0.737. The number of ether oxygens (including phenoxy) is 1. The third-order valence-electron chi connectivity index (χ3n) is 1.25. The van der Waals surface area contributed by atoms with Gasteiger partial charge in [-0.25, -0.2) is 4.79 Å². The molecule has 1 aromatic carbocycles. The standard InChI is InChI=1S/C8H6Cl2O3.Na.H2O/c9-5-1-2-7(6(10)3-5)13-4-8(11)12;;/h1-3H,4H2,(H,11,12);;1H2. The Labute approximate surface area is 119 Å². The van der Waals surface area contributed by atoms with Crippen LogP contribution in [-0.4, -0.2) is 52.7 Å². The summed E-state index contributed by atoms with van der Waals surface area (Å²) in [6, 6.07) is 4.58. The van der Waals surface area contributed by atoms with Crippen LogP contribution in [0.15, 0.2) is 18.2 Å². The quantitative estimate of drug-likeness (QED) is 0.832. The van der Waals surface area contributed by atoms with Crippen molar-refractivity contribution in [2.45, 2.75) is 0 Å². The van der Waals surface area contributed by atoms with Gasteiger partial charge in [-0.2, -0.15) is 0 Å². The Morgan fingerprint density at radius 1 is 1.40 bits per heavy atom. The van der Waals surface area contributed by atoms with Crippen molar-refractivity contribution in [1.82, 2.24) is 0 Å². The first-order valence-corrected chi connectivity index (χ1v) is 4.15. The maximum Gasteiger partial charge on any atom is 0.341 e.